The molecule has 2 N–H and O–H groups in total. The Morgan fingerprint density at radius 2 is 1.48 bits per heavy atom. The molecular weight excluding hydrogens is 364 g/mol. The normalized spacial score (nSPS) is 11.6. The average Bonchev–Trinajstić information content (AvgIpc) is 2.65. The maximum absolute atomic E-state index is 11.9. The van der Waals surface area contributed by atoms with Gasteiger partial charge in [-0.1, -0.05) is 84.6 Å². The molecule has 0 bridgehead atoms. The molecule has 0 saturated carbocycles. The lowest BCUT2D eigenvalue weighted by Crippen LogP contribution is -2.18. The van der Waals surface area contributed by atoms with Crippen molar-refractivity contribution in [1.82, 2.24) is 0 Å². The summed E-state index contributed by atoms with van der Waals surface area (Å²) in [6.45, 7) is 6.84. The van der Waals surface area contributed by atoms with Crippen LogP contribution in [-0.4, -0.2) is 22.8 Å². The number of aromatic hydroxyl groups is 2. The van der Waals surface area contributed by atoms with Crippen molar-refractivity contribution >= 4 is 5.97 Å². The summed E-state index contributed by atoms with van der Waals surface area (Å²) >= 11 is 0. The Labute approximate surface area is 177 Å². The maximum Gasteiger partial charge on any atom is 0.305 e. The quantitative estimate of drug-likeness (QED) is 0.229. The van der Waals surface area contributed by atoms with E-state index in [1.54, 1.807) is 12.1 Å². The zero-order chi connectivity index (χ0) is 21.5. The average molecular weight is 407 g/mol. The highest BCUT2D eigenvalue weighted by atomic mass is 16.5. The minimum atomic E-state index is -0.269. The second kappa shape index (κ2) is 14.3. The highest BCUT2D eigenvalue weighted by molar-refractivity contribution is 5.69. The van der Waals surface area contributed by atoms with Gasteiger partial charge in [-0.25, -0.2) is 0 Å². The second-order valence-electron chi connectivity index (χ2n) is 8.84. The number of esters is 1. The Morgan fingerprint density at radius 3 is 2.07 bits per heavy atom. The van der Waals surface area contributed by atoms with Crippen LogP contribution in [-0.2, 0) is 14.9 Å². The lowest BCUT2D eigenvalue weighted by Gasteiger charge is -2.26. The third-order valence-electron chi connectivity index (χ3n) is 5.65. The van der Waals surface area contributed by atoms with Crippen LogP contribution in [0.15, 0.2) is 18.2 Å². The fraction of sp³-hybridized carbons (Fsp3) is 0.720. The number of ether oxygens (including phenoxy) is 1. The van der Waals surface area contributed by atoms with E-state index in [-0.39, 0.29) is 22.9 Å². The monoisotopic (exact) mass is 406 g/mol. The van der Waals surface area contributed by atoms with Gasteiger partial charge in [0.15, 0.2) is 0 Å². The van der Waals surface area contributed by atoms with E-state index < -0.39 is 0 Å². The molecule has 0 aliphatic heterocycles. The molecule has 0 fully saturated rings. The van der Waals surface area contributed by atoms with Crippen LogP contribution in [0.2, 0.25) is 0 Å². The van der Waals surface area contributed by atoms with E-state index in [1.165, 1.54) is 57.4 Å². The molecule has 0 heterocycles. The predicted octanol–water partition coefficient (Wildman–Crippen LogP) is 7.01. The van der Waals surface area contributed by atoms with Gasteiger partial charge in [-0.05, 0) is 36.3 Å². The summed E-state index contributed by atoms with van der Waals surface area (Å²) in [4.78, 5) is 11.9. The lowest BCUT2D eigenvalue weighted by molar-refractivity contribution is -0.143. The van der Waals surface area contributed by atoms with Crippen molar-refractivity contribution in [3.8, 4) is 11.5 Å². The first-order valence-electron chi connectivity index (χ1n) is 11.5. The molecule has 4 nitrogen and oxygen atoms in total. The molecular formula is C25H42O4. The predicted molar refractivity (Wildman–Crippen MR) is 119 cm³/mol. The Balaban J connectivity index is 2.06. The van der Waals surface area contributed by atoms with Crippen LogP contribution in [0.25, 0.3) is 0 Å². The molecule has 29 heavy (non-hydrogen) atoms. The zero-order valence-electron chi connectivity index (χ0n) is 18.8. The van der Waals surface area contributed by atoms with Gasteiger partial charge >= 0.3 is 5.97 Å². The third-order valence-corrected chi connectivity index (χ3v) is 5.65. The first-order chi connectivity index (χ1) is 13.9. The van der Waals surface area contributed by atoms with Gasteiger partial charge in [0.05, 0.1) is 6.61 Å². The molecule has 1 rings (SSSR count). The SMILES string of the molecule is CCCCCCCCCCCCOC(=O)CCCC(C)(C)c1ccc(O)cc1O. The smallest absolute Gasteiger partial charge is 0.305 e. The van der Waals surface area contributed by atoms with E-state index in [4.69, 9.17) is 4.74 Å². The van der Waals surface area contributed by atoms with Crippen LogP contribution in [0.1, 0.15) is 110 Å². The van der Waals surface area contributed by atoms with Crippen LogP contribution < -0.4 is 0 Å². The van der Waals surface area contributed by atoms with Gasteiger partial charge in [0, 0.05) is 12.5 Å². The lowest BCUT2D eigenvalue weighted by atomic mass is 9.79. The summed E-state index contributed by atoms with van der Waals surface area (Å²) in [6.07, 6.45) is 14.6. The molecule has 1 aromatic rings. The molecule has 1 aromatic carbocycles. The Bertz CT molecular complexity index is 580. The van der Waals surface area contributed by atoms with E-state index in [0.717, 1.165) is 24.8 Å². The zero-order valence-corrected chi connectivity index (χ0v) is 18.8. The van der Waals surface area contributed by atoms with Gasteiger partial charge in [-0.2, -0.15) is 0 Å². The van der Waals surface area contributed by atoms with Crippen molar-refractivity contribution < 1.29 is 19.7 Å². The molecule has 0 aliphatic rings. The van der Waals surface area contributed by atoms with Crippen LogP contribution in [0.5, 0.6) is 11.5 Å². The van der Waals surface area contributed by atoms with E-state index >= 15 is 0 Å². The third kappa shape index (κ3) is 11.2. The number of unbranched alkanes of at least 4 members (excludes halogenated alkanes) is 9. The standard InChI is InChI=1S/C25H42O4/c1-4-5-6-7-8-9-10-11-12-13-19-29-24(28)15-14-18-25(2,3)22-17-16-21(26)20-23(22)27/h16-17,20,26-27H,4-15,18-19H2,1-3H3. The fourth-order valence-electron chi connectivity index (χ4n) is 3.75. The molecule has 0 saturated heterocycles. The second-order valence-corrected chi connectivity index (χ2v) is 8.84. The van der Waals surface area contributed by atoms with Crippen LogP contribution in [0.4, 0.5) is 0 Å². The number of hydrogen-bond acceptors (Lipinski definition) is 4. The van der Waals surface area contributed by atoms with Crippen molar-refractivity contribution in [2.75, 3.05) is 6.61 Å². The summed E-state index contributed by atoms with van der Waals surface area (Å²) in [6, 6.07) is 4.68. The van der Waals surface area contributed by atoms with Gasteiger partial charge in [-0.15, -0.1) is 0 Å². The largest absolute Gasteiger partial charge is 0.508 e. The molecule has 166 valence electrons. The van der Waals surface area contributed by atoms with Crippen molar-refractivity contribution in [3.05, 3.63) is 23.8 Å². The van der Waals surface area contributed by atoms with Crippen molar-refractivity contribution in [3.63, 3.8) is 0 Å². The highest BCUT2D eigenvalue weighted by Gasteiger charge is 2.24. The molecule has 0 spiro atoms. The summed E-state index contributed by atoms with van der Waals surface area (Å²) in [5, 5.41) is 19.5. The Kier molecular flexibility index (Phi) is 12.5. The minimum absolute atomic E-state index is 0.0533. The number of hydrogen-bond donors (Lipinski definition) is 2. The number of phenols is 2. The highest BCUT2D eigenvalue weighted by Crippen LogP contribution is 2.36. The molecule has 0 aliphatic carbocycles. The van der Waals surface area contributed by atoms with Crippen molar-refractivity contribution in [1.29, 1.82) is 0 Å². The maximum atomic E-state index is 11.9. The fourth-order valence-corrected chi connectivity index (χ4v) is 3.75. The number of carbonyl (C=O) groups is 1. The van der Waals surface area contributed by atoms with Crippen LogP contribution >= 0.6 is 0 Å². The van der Waals surface area contributed by atoms with E-state index in [0.29, 0.717) is 19.4 Å². The van der Waals surface area contributed by atoms with Crippen LogP contribution in [0.3, 0.4) is 0 Å². The molecule has 0 radical (unpaired) electrons. The summed E-state index contributed by atoms with van der Waals surface area (Å²) in [7, 11) is 0. The van der Waals surface area contributed by atoms with Crippen molar-refractivity contribution in [2.24, 2.45) is 0 Å². The van der Waals surface area contributed by atoms with Crippen LogP contribution in [0, 0.1) is 0 Å². The van der Waals surface area contributed by atoms with E-state index in [1.807, 2.05) is 13.8 Å². The first-order valence-corrected chi connectivity index (χ1v) is 11.5. The van der Waals surface area contributed by atoms with E-state index in [2.05, 4.69) is 6.92 Å². The molecule has 0 amide bonds. The summed E-state index contributed by atoms with van der Waals surface area (Å²) < 4.78 is 5.35. The molecule has 0 aromatic heterocycles. The van der Waals surface area contributed by atoms with Gasteiger partial charge in [-0.3, -0.25) is 4.79 Å². The number of rotatable bonds is 16. The Hall–Kier alpha value is -1.71. The summed E-state index contributed by atoms with van der Waals surface area (Å²) in [5.74, 6) is 0.0165. The van der Waals surface area contributed by atoms with E-state index in [9.17, 15) is 15.0 Å². The number of phenolic OH excluding ortho intramolecular Hbond substituents is 2. The van der Waals surface area contributed by atoms with Crippen molar-refractivity contribution in [2.45, 2.75) is 110 Å². The number of carbonyl (C=O) groups excluding carboxylic acids is 1. The molecule has 4 heteroatoms. The van der Waals surface area contributed by atoms with Gasteiger partial charge in [0.2, 0.25) is 0 Å². The number of benzene rings is 1. The minimum Gasteiger partial charge on any atom is -0.508 e. The van der Waals surface area contributed by atoms with Gasteiger partial charge < -0.3 is 14.9 Å². The molecule has 0 atom stereocenters. The Morgan fingerprint density at radius 1 is 0.897 bits per heavy atom. The topological polar surface area (TPSA) is 66.8 Å². The van der Waals surface area contributed by atoms with Gasteiger partial charge in [0.1, 0.15) is 11.5 Å². The van der Waals surface area contributed by atoms with Gasteiger partial charge in [0.25, 0.3) is 0 Å². The first kappa shape index (κ1) is 25.3. The summed E-state index contributed by atoms with van der Waals surface area (Å²) in [5.41, 5.74) is 0.517. The molecule has 0 unspecified atom stereocenters.